The van der Waals surface area contributed by atoms with Gasteiger partial charge < -0.3 is 15.5 Å². The number of nitrogens with one attached hydrogen (secondary N) is 2. The van der Waals surface area contributed by atoms with E-state index in [0.717, 1.165) is 40.4 Å². The molecule has 25 heavy (non-hydrogen) atoms. The number of hydrogen-bond donors (Lipinski definition) is 2. The van der Waals surface area contributed by atoms with Crippen LogP contribution in [0.2, 0.25) is 5.02 Å². The molecular weight excluding hydrogens is 518 g/mol. The fourth-order valence-electron chi connectivity index (χ4n) is 2.67. The zero-order valence-electron chi connectivity index (χ0n) is 14.5. The van der Waals surface area contributed by atoms with E-state index in [0.29, 0.717) is 19.5 Å². The average molecular weight is 544 g/mol. The Morgan fingerprint density at radius 1 is 1.48 bits per heavy atom. The number of likely N-dealkylation sites (N-methyl/N-ethyl adjacent to an activating group) is 1. The van der Waals surface area contributed by atoms with E-state index in [1.807, 2.05) is 32.2 Å². The Morgan fingerprint density at radius 2 is 2.24 bits per heavy atom. The highest BCUT2D eigenvalue weighted by atomic mass is 127. The lowest BCUT2D eigenvalue weighted by atomic mass is 10.1. The minimum Gasteiger partial charge on any atom is -0.357 e. The molecule has 2 rings (SSSR count). The zero-order valence-corrected chi connectivity index (χ0v) is 19.2. The van der Waals surface area contributed by atoms with Crippen molar-refractivity contribution < 1.29 is 4.79 Å². The third-order valence-corrected chi connectivity index (χ3v) is 4.98. The van der Waals surface area contributed by atoms with Gasteiger partial charge in [0.1, 0.15) is 0 Å². The number of likely N-dealkylation sites (tertiary alicyclic amines) is 1. The number of aliphatic imine (C=N–C) groups is 1. The van der Waals surface area contributed by atoms with Crippen LogP contribution in [-0.4, -0.2) is 49.5 Å². The van der Waals surface area contributed by atoms with Crippen LogP contribution < -0.4 is 10.6 Å². The molecule has 1 unspecified atom stereocenters. The Bertz CT molecular complexity index is 614. The van der Waals surface area contributed by atoms with Crippen molar-refractivity contribution in [2.75, 3.05) is 26.7 Å². The highest BCUT2D eigenvalue weighted by Crippen LogP contribution is 2.21. The fraction of sp³-hybridized carbons (Fsp3) is 0.529. The van der Waals surface area contributed by atoms with Crippen molar-refractivity contribution in [1.29, 1.82) is 0 Å². The van der Waals surface area contributed by atoms with Gasteiger partial charge in [0, 0.05) is 48.6 Å². The van der Waals surface area contributed by atoms with Crippen molar-refractivity contribution >= 4 is 63.4 Å². The topological polar surface area (TPSA) is 56.7 Å². The normalized spacial score (nSPS) is 17.9. The van der Waals surface area contributed by atoms with E-state index >= 15 is 0 Å². The van der Waals surface area contributed by atoms with Crippen LogP contribution in [0.4, 0.5) is 0 Å². The van der Waals surface area contributed by atoms with Gasteiger partial charge in [0.25, 0.3) is 0 Å². The predicted molar refractivity (Wildman–Crippen MR) is 118 cm³/mol. The molecule has 1 amide bonds. The molecule has 0 radical (unpaired) electrons. The molecular formula is C17H25BrClIN4O. The molecule has 0 spiro atoms. The molecule has 1 atom stereocenters. The smallest absolute Gasteiger partial charge is 0.222 e. The monoisotopic (exact) mass is 542 g/mol. The fourth-order valence-corrected chi connectivity index (χ4v) is 3.31. The van der Waals surface area contributed by atoms with Crippen LogP contribution in [0.5, 0.6) is 0 Å². The SMILES string of the molecule is CCNC(=NCCc1cc(Cl)ccc1Br)NC1CCC(=O)N(C)C1.I. The molecule has 2 N–H and O–H groups in total. The molecule has 1 heterocycles. The highest BCUT2D eigenvalue weighted by Gasteiger charge is 2.23. The first kappa shape index (κ1) is 22.5. The second-order valence-electron chi connectivity index (χ2n) is 5.90. The quantitative estimate of drug-likeness (QED) is 0.340. The Hall–Kier alpha value is -0.540. The summed E-state index contributed by atoms with van der Waals surface area (Å²) in [6.07, 6.45) is 2.23. The standard InChI is InChI=1S/C17H24BrClN4O.HI/c1-3-20-17(22-14-5-7-16(24)23(2)11-14)21-9-8-12-10-13(19)4-6-15(12)18;/h4,6,10,14H,3,5,7-9,11H2,1-2H3,(H2,20,21,22);1H. The van der Waals surface area contributed by atoms with Crippen molar-refractivity contribution in [2.45, 2.75) is 32.2 Å². The first-order valence-electron chi connectivity index (χ1n) is 8.22. The minimum absolute atomic E-state index is 0. The van der Waals surface area contributed by atoms with Gasteiger partial charge >= 0.3 is 0 Å². The van der Waals surface area contributed by atoms with Crippen LogP contribution in [0.15, 0.2) is 27.7 Å². The molecule has 0 aliphatic carbocycles. The lowest BCUT2D eigenvalue weighted by molar-refractivity contribution is -0.132. The number of carbonyl (C=O) groups is 1. The van der Waals surface area contributed by atoms with Gasteiger partial charge in [-0.1, -0.05) is 27.5 Å². The molecule has 5 nitrogen and oxygen atoms in total. The van der Waals surface area contributed by atoms with Crippen LogP contribution in [0.3, 0.4) is 0 Å². The van der Waals surface area contributed by atoms with E-state index in [-0.39, 0.29) is 35.9 Å². The van der Waals surface area contributed by atoms with E-state index in [4.69, 9.17) is 11.6 Å². The molecule has 1 fully saturated rings. The summed E-state index contributed by atoms with van der Waals surface area (Å²) in [7, 11) is 1.84. The number of hydrogen-bond acceptors (Lipinski definition) is 2. The summed E-state index contributed by atoms with van der Waals surface area (Å²) in [5.41, 5.74) is 1.14. The van der Waals surface area contributed by atoms with E-state index in [1.165, 1.54) is 0 Å². The second-order valence-corrected chi connectivity index (χ2v) is 7.19. The number of rotatable bonds is 5. The maximum Gasteiger partial charge on any atom is 0.222 e. The van der Waals surface area contributed by atoms with E-state index < -0.39 is 0 Å². The first-order valence-corrected chi connectivity index (χ1v) is 9.39. The second kappa shape index (κ2) is 11.2. The molecule has 8 heteroatoms. The van der Waals surface area contributed by atoms with Crippen LogP contribution in [0.1, 0.15) is 25.3 Å². The molecule has 1 aliphatic rings. The number of guanidine groups is 1. The molecule has 1 aromatic carbocycles. The van der Waals surface area contributed by atoms with Crippen LogP contribution in [0, 0.1) is 0 Å². The van der Waals surface area contributed by atoms with Gasteiger partial charge in [-0.15, -0.1) is 24.0 Å². The molecule has 1 aliphatic heterocycles. The largest absolute Gasteiger partial charge is 0.357 e. The van der Waals surface area contributed by atoms with Gasteiger partial charge in [0.15, 0.2) is 5.96 Å². The molecule has 0 bridgehead atoms. The van der Waals surface area contributed by atoms with Crippen molar-refractivity contribution in [2.24, 2.45) is 4.99 Å². The Morgan fingerprint density at radius 3 is 2.92 bits per heavy atom. The Kier molecular flexibility index (Phi) is 10.1. The van der Waals surface area contributed by atoms with Gasteiger partial charge in [-0.2, -0.15) is 0 Å². The van der Waals surface area contributed by atoms with Crippen molar-refractivity contribution in [3.05, 3.63) is 33.3 Å². The maximum atomic E-state index is 11.6. The van der Waals surface area contributed by atoms with Gasteiger partial charge in [0.05, 0.1) is 0 Å². The number of carbonyl (C=O) groups excluding carboxylic acids is 1. The third-order valence-electron chi connectivity index (χ3n) is 3.97. The Balaban J connectivity index is 0.00000312. The van der Waals surface area contributed by atoms with Gasteiger partial charge in [-0.3, -0.25) is 9.79 Å². The van der Waals surface area contributed by atoms with Gasteiger partial charge in [-0.25, -0.2) is 0 Å². The molecule has 140 valence electrons. The number of benzene rings is 1. The van der Waals surface area contributed by atoms with E-state index in [9.17, 15) is 4.79 Å². The van der Waals surface area contributed by atoms with E-state index in [1.54, 1.807) is 4.90 Å². The first-order chi connectivity index (χ1) is 11.5. The van der Waals surface area contributed by atoms with Crippen molar-refractivity contribution in [1.82, 2.24) is 15.5 Å². The lowest BCUT2D eigenvalue weighted by Gasteiger charge is -2.31. The average Bonchev–Trinajstić information content (AvgIpc) is 2.54. The summed E-state index contributed by atoms with van der Waals surface area (Å²) >= 11 is 9.59. The maximum absolute atomic E-state index is 11.6. The summed E-state index contributed by atoms with van der Waals surface area (Å²) in [6.45, 7) is 4.22. The zero-order chi connectivity index (χ0) is 17.5. The van der Waals surface area contributed by atoms with Crippen LogP contribution >= 0.6 is 51.5 Å². The molecule has 0 saturated carbocycles. The summed E-state index contributed by atoms with van der Waals surface area (Å²) in [5, 5.41) is 7.43. The summed E-state index contributed by atoms with van der Waals surface area (Å²) in [5.74, 6) is 1.00. The van der Waals surface area contributed by atoms with E-state index in [2.05, 4.69) is 31.6 Å². The van der Waals surface area contributed by atoms with Crippen LogP contribution in [0.25, 0.3) is 0 Å². The third kappa shape index (κ3) is 7.30. The van der Waals surface area contributed by atoms with Crippen LogP contribution in [-0.2, 0) is 11.2 Å². The highest BCUT2D eigenvalue weighted by molar-refractivity contribution is 14.0. The number of halogens is 3. The summed E-state index contributed by atoms with van der Waals surface area (Å²) < 4.78 is 1.05. The van der Waals surface area contributed by atoms with Gasteiger partial charge in [0.2, 0.25) is 5.91 Å². The number of piperidine rings is 1. The lowest BCUT2D eigenvalue weighted by Crippen LogP contribution is -2.51. The summed E-state index contributed by atoms with van der Waals surface area (Å²) in [6, 6.07) is 6.02. The van der Waals surface area contributed by atoms with Crippen molar-refractivity contribution in [3.8, 4) is 0 Å². The number of nitrogens with zero attached hydrogens (tertiary/aromatic N) is 2. The Labute approximate surface area is 180 Å². The molecule has 0 aromatic heterocycles. The molecule has 1 aromatic rings. The van der Waals surface area contributed by atoms with Gasteiger partial charge in [-0.05, 0) is 43.5 Å². The minimum atomic E-state index is 0. The number of amides is 1. The molecule has 1 saturated heterocycles. The predicted octanol–water partition coefficient (Wildman–Crippen LogP) is 3.44. The summed E-state index contributed by atoms with van der Waals surface area (Å²) in [4.78, 5) is 18.0. The van der Waals surface area contributed by atoms with Crippen molar-refractivity contribution in [3.63, 3.8) is 0 Å².